The van der Waals surface area contributed by atoms with Crippen molar-refractivity contribution in [3.05, 3.63) is 65.5 Å². The lowest BCUT2D eigenvalue weighted by Gasteiger charge is -2.04. The van der Waals surface area contributed by atoms with Gasteiger partial charge in [0.05, 0.1) is 6.21 Å². The minimum Gasteiger partial charge on any atom is -0.386 e. The molecule has 0 radical (unpaired) electrons. The molecule has 0 aliphatic heterocycles. The summed E-state index contributed by atoms with van der Waals surface area (Å²) in [4.78, 5) is 16.5. The smallest absolute Gasteiger partial charge is 0.265 e. The van der Waals surface area contributed by atoms with Gasteiger partial charge in [-0.25, -0.2) is 4.39 Å². The number of nitrogens with one attached hydrogen (secondary N) is 1. The van der Waals surface area contributed by atoms with Crippen LogP contribution in [0.1, 0.15) is 18.1 Å². The van der Waals surface area contributed by atoms with Crippen molar-refractivity contribution in [2.75, 3.05) is 11.9 Å². The standard InChI is InChI=1S/C17H17FN2O2/c1-2-13-6-8-14(9-7-13)11-19-22-12-17(21)20-16-5-3-4-15(18)10-16/h3-11H,2,12H2,1H3,(H,20,21)/b19-11-. The molecule has 2 aromatic rings. The van der Waals surface area contributed by atoms with E-state index in [2.05, 4.69) is 17.4 Å². The number of hydrogen-bond acceptors (Lipinski definition) is 3. The molecule has 2 rings (SSSR count). The molecule has 1 N–H and O–H groups in total. The fourth-order valence-corrected chi connectivity index (χ4v) is 1.80. The van der Waals surface area contributed by atoms with E-state index in [1.165, 1.54) is 30.0 Å². The molecule has 0 saturated heterocycles. The molecule has 0 heterocycles. The molecule has 0 bridgehead atoms. The number of aryl methyl sites for hydroxylation is 1. The van der Waals surface area contributed by atoms with Gasteiger partial charge in [-0.15, -0.1) is 0 Å². The van der Waals surface area contributed by atoms with Crippen LogP contribution in [0.4, 0.5) is 10.1 Å². The molecule has 0 aromatic heterocycles. The molecule has 1 amide bonds. The van der Waals surface area contributed by atoms with E-state index in [9.17, 15) is 9.18 Å². The maximum atomic E-state index is 13.0. The molecule has 2 aromatic carbocycles. The SMILES string of the molecule is CCc1ccc(/C=N\OCC(=O)Nc2cccc(F)c2)cc1. The predicted molar refractivity (Wildman–Crippen MR) is 84.4 cm³/mol. The Labute approximate surface area is 128 Å². The third kappa shape index (κ3) is 5.01. The summed E-state index contributed by atoms with van der Waals surface area (Å²) < 4.78 is 13.0. The molecular formula is C17H17FN2O2. The van der Waals surface area contributed by atoms with Crippen LogP contribution >= 0.6 is 0 Å². The second-order valence-electron chi connectivity index (χ2n) is 4.66. The fourth-order valence-electron chi connectivity index (χ4n) is 1.80. The molecule has 0 unspecified atom stereocenters. The van der Waals surface area contributed by atoms with E-state index >= 15 is 0 Å². The number of halogens is 1. The van der Waals surface area contributed by atoms with E-state index < -0.39 is 11.7 Å². The van der Waals surface area contributed by atoms with Gasteiger partial charge in [0.1, 0.15) is 5.82 Å². The van der Waals surface area contributed by atoms with Crippen molar-refractivity contribution in [3.8, 4) is 0 Å². The maximum Gasteiger partial charge on any atom is 0.265 e. The Morgan fingerprint density at radius 3 is 2.73 bits per heavy atom. The minimum atomic E-state index is -0.410. The van der Waals surface area contributed by atoms with Crippen LogP contribution in [0.2, 0.25) is 0 Å². The molecule has 22 heavy (non-hydrogen) atoms. The lowest BCUT2D eigenvalue weighted by Crippen LogP contribution is -2.17. The first-order valence-electron chi connectivity index (χ1n) is 6.97. The number of amides is 1. The minimum absolute atomic E-state index is 0.236. The Bertz CT molecular complexity index is 654. The van der Waals surface area contributed by atoms with Crippen molar-refractivity contribution in [1.29, 1.82) is 0 Å². The van der Waals surface area contributed by atoms with Crippen LogP contribution in [0.25, 0.3) is 0 Å². The van der Waals surface area contributed by atoms with Crippen LogP contribution < -0.4 is 5.32 Å². The first kappa shape index (κ1) is 15.7. The zero-order valence-corrected chi connectivity index (χ0v) is 12.3. The highest BCUT2D eigenvalue weighted by molar-refractivity contribution is 5.91. The largest absolute Gasteiger partial charge is 0.386 e. The third-order valence-corrected chi connectivity index (χ3v) is 2.97. The summed E-state index contributed by atoms with van der Waals surface area (Å²) in [5.41, 5.74) is 2.52. The monoisotopic (exact) mass is 300 g/mol. The number of oxime groups is 1. The van der Waals surface area contributed by atoms with Crippen LogP contribution in [-0.2, 0) is 16.1 Å². The quantitative estimate of drug-likeness (QED) is 0.657. The summed E-state index contributed by atoms with van der Waals surface area (Å²) in [6.07, 6.45) is 2.52. The first-order valence-corrected chi connectivity index (χ1v) is 6.97. The summed E-state index contributed by atoms with van der Waals surface area (Å²) in [5, 5.41) is 6.26. The molecule has 5 heteroatoms. The van der Waals surface area contributed by atoms with Gasteiger partial charge in [-0.3, -0.25) is 4.79 Å². The highest BCUT2D eigenvalue weighted by Crippen LogP contribution is 2.08. The van der Waals surface area contributed by atoms with Crippen molar-refractivity contribution in [2.24, 2.45) is 5.16 Å². The van der Waals surface area contributed by atoms with Gasteiger partial charge < -0.3 is 10.2 Å². The number of rotatable bonds is 6. The third-order valence-electron chi connectivity index (χ3n) is 2.97. The highest BCUT2D eigenvalue weighted by Gasteiger charge is 2.03. The second kappa shape index (κ2) is 7.93. The number of hydrogen-bond donors (Lipinski definition) is 1. The first-order chi connectivity index (χ1) is 10.7. The number of nitrogens with zero attached hydrogens (tertiary/aromatic N) is 1. The van der Waals surface area contributed by atoms with Crippen molar-refractivity contribution in [3.63, 3.8) is 0 Å². The topological polar surface area (TPSA) is 50.7 Å². The Morgan fingerprint density at radius 2 is 2.05 bits per heavy atom. The molecular weight excluding hydrogens is 283 g/mol. The average molecular weight is 300 g/mol. The Morgan fingerprint density at radius 1 is 1.27 bits per heavy atom. The Balaban J connectivity index is 1.77. The summed E-state index contributed by atoms with van der Waals surface area (Å²) in [6.45, 7) is 1.85. The molecule has 0 aliphatic rings. The van der Waals surface area contributed by atoms with Gasteiger partial charge >= 0.3 is 0 Å². The molecule has 0 saturated carbocycles. The van der Waals surface area contributed by atoms with Gasteiger partial charge in [0.25, 0.3) is 5.91 Å². The van der Waals surface area contributed by atoms with E-state index in [1.807, 2.05) is 24.3 Å². The lowest BCUT2D eigenvalue weighted by molar-refractivity contribution is -0.120. The van der Waals surface area contributed by atoms with Crippen LogP contribution in [0.3, 0.4) is 0 Å². The van der Waals surface area contributed by atoms with E-state index in [-0.39, 0.29) is 6.61 Å². The van der Waals surface area contributed by atoms with Gasteiger partial charge in [-0.1, -0.05) is 42.4 Å². The van der Waals surface area contributed by atoms with E-state index in [0.29, 0.717) is 5.69 Å². The van der Waals surface area contributed by atoms with E-state index in [4.69, 9.17) is 4.84 Å². The van der Waals surface area contributed by atoms with Crippen molar-refractivity contribution < 1.29 is 14.0 Å². The van der Waals surface area contributed by atoms with Crippen LogP contribution in [-0.4, -0.2) is 18.7 Å². The highest BCUT2D eigenvalue weighted by atomic mass is 19.1. The average Bonchev–Trinajstić information content (AvgIpc) is 2.52. The van der Waals surface area contributed by atoms with Crippen LogP contribution in [0, 0.1) is 5.82 Å². The van der Waals surface area contributed by atoms with Gasteiger partial charge in [-0.05, 0) is 35.7 Å². The molecule has 114 valence electrons. The van der Waals surface area contributed by atoms with Crippen LogP contribution in [0.15, 0.2) is 53.7 Å². The molecule has 4 nitrogen and oxygen atoms in total. The van der Waals surface area contributed by atoms with Gasteiger partial charge in [0.2, 0.25) is 0 Å². The molecule has 0 atom stereocenters. The number of carbonyl (C=O) groups is 1. The van der Waals surface area contributed by atoms with Crippen molar-refractivity contribution >= 4 is 17.8 Å². The molecule has 0 spiro atoms. The summed E-state index contributed by atoms with van der Waals surface area (Å²) in [6, 6.07) is 13.5. The normalized spacial score (nSPS) is 10.6. The number of anilines is 1. The van der Waals surface area contributed by atoms with Gasteiger partial charge in [-0.2, -0.15) is 0 Å². The molecule has 0 fully saturated rings. The number of benzene rings is 2. The Kier molecular flexibility index (Phi) is 5.65. The van der Waals surface area contributed by atoms with Gasteiger partial charge in [0, 0.05) is 5.69 Å². The summed E-state index contributed by atoms with van der Waals surface area (Å²) in [7, 11) is 0. The second-order valence-corrected chi connectivity index (χ2v) is 4.66. The molecule has 0 aliphatic carbocycles. The zero-order valence-electron chi connectivity index (χ0n) is 12.3. The maximum absolute atomic E-state index is 13.0. The zero-order chi connectivity index (χ0) is 15.8. The van der Waals surface area contributed by atoms with Gasteiger partial charge in [0.15, 0.2) is 6.61 Å². The van der Waals surface area contributed by atoms with Crippen molar-refractivity contribution in [2.45, 2.75) is 13.3 Å². The van der Waals surface area contributed by atoms with E-state index in [1.54, 1.807) is 6.07 Å². The number of carbonyl (C=O) groups excluding carboxylic acids is 1. The van der Waals surface area contributed by atoms with Crippen molar-refractivity contribution in [1.82, 2.24) is 0 Å². The fraction of sp³-hybridized carbons (Fsp3) is 0.176. The van der Waals surface area contributed by atoms with Crippen LogP contribution in [0.5, 0.6) is 0 Å². The van der Waals surface area contributed by atoms with E-state index in [0.717, 1.165) is 12.0 Å². The summed E-state index contributed by atoms with van der Waals surface area (Å²) >= 11 is 0. The summed E-state index contributed by atoms with van der Waals surface area (Å²) in [5.74, 6) is -0.809. The Hall–Kier alpha value is -2.69. The lowest BCUT2D eigenvalue weighted by atomic mass is 10.1. The predicted octanol–water partition coefficient (Wildman–Crippen LogP) is 3.38.